The van der Waals surface area contributed by atoms with Crippen LogP contribution in [0.5, 0.6) is 0 Å². The van der Waals surface area contributed by atoms with Crippen LogP contribution in [0.15, 0.2) is 29.2 Å². The highest BCUT2D eigenvalue weighted by atomic mass is 32.2. The average molecular weight is 358 g/mol. The third kappa shape index (κ3) is 6.46. The predicted molar refractivity (Wildman–Crippen MR) is 84.4 cm³/mol. The van der Waals surface area contributed by atoms with Gasteiger partial charge in [-0.1, -0.05) is 17.7 Å². The molecule has 0 saturated carbocycles. The van der Waals surface area contributed by atoms with Crippen LogP contribution in [0, 0.1) is 6.92 Å². The molecule has 0 radical (unpaired) electrons. The molecule has 3 aliphatic heterocycles. The molecule has 24 heavy (non-hydrogen) atoms. The smallest absolute Gasteiger partial charge is 0.297 e. The highest BCUT2D eigenvalue weighted by Crippen LogP contribution is 2.16. The summed E-state index contributed by atoms with van der Waals surface area (Å²) >= 11 is 0. The first-order valence-corrected chi connectivity index (χ1v) is 9.32. The lowest BCUT2D eigenvalue weighted by Gasteiger charge is -2.03. The monoisotopic (exact) mass is 358 g/mol. The number of aryl methyl sites for hydroxylation is 1. The van der Waals surface area contributed by atoms with Gasteiger partial charge in [-0.15, -0.1) is 0 Å². The number of benzene rings is 1. The Balaban J connectivity index is 0.000000159. The van der Waals surface area contributed by atoms with E-state index in [9.17, 15) is 8.42 Å². The van der Waals surface area contributed by atoms with Gasteiger partial charge in [-0.2, -0.15) is 8.42 Å². The van der Waals surface area contributed by atoms with Gasteiger partial charge in [0, 0.05) is 0 Å². The lowest BCUT2D eigenvalue weighted by atomic mass is 10.2. The van der Waals surface area contributed by atoms with Crippen LogP contribution in [0.3, 0.4) is 0 Å². The van der Waals surface area contributed by atoms with E-state index in [2.05, 4.69) is 0 Å². The summed E-state index contributed by atoms with van der Waals surface area (Å²) in [5.41, 5.74) is 1.01. The number of ether oxygens (including phenoxy) is 4. The van der Waals surface area contributed by atoms with Crippen LogP contribution in [0.4, 0.5) is 0 Å². The van der Waals surface area contributed by atoms with E-state index in [0.29, 0.717) is 18.8 Å². The Morgan fingerprint density at radius 1 is 0.917 bits per heavy atom. The van der Waals surface area contributed by atoms with Crippen LogP contribution in [-0.4, -0.2) is 66.4 Å². The Morgan fingerprint density at radius 2 is 1.38 bits per heavy atom. The maximum Gasteiger partial charge on any atom is 0.297 e. The zero-order valence-corrected chi connectivity index (χ0v) is 14.4. The molecule has 3 aliphatic rings. The summed E-state index contributed by atoms with van der Waals surface area (Å²) < 4.78 is 48.0. The van der Waals surface area contributed by atoms with E-state index < -0.39 is 10.1 Å². The van der Waals surface area contributed by atoms with E-state index in [1.165, 1.54) is 0 Å². The van der Waals surface area contributed by atoms with Gasteiger partial charge >= 0.3 is 0 Å². The molecular formula is C16H22O7S. The molecule has 0 aromatic heterocycles. The molecular weight excluding hydrogens is 336 g/mol. The summed E-state index contributed by atoms with van der Waals surface area (Å²) in [5, 5.41) is 0. The summed E-state index contributed by atoms with van der Waals surface area (Å²) in [4.78, 5) is 0.189. The van der Waals surface area contributed by atoms with Crippen molar-refractivity contribution in [3.63, 3.8) is 0 Å². The lowest BCUT2D eigenvalue weighted by Crippen LogP contribution is -2.10. The van der Waals surface area contributed by atoms with Crippen LogP contribution in [0.2, 0.25) is 0 Å². The van der Waals surface area contributed by atoms with E-state index >= 15 is 0 Å². The first-order valence-electron chi connectivity index (χ1n) is 7.91. The Hall–Kier alpha value is -1.03. The minimum Gasteiger partial charge on any atom is -0.376 e. The molecule has 3 unspecified atom stereocenters. The number of rotatable bonds is 8. The highest BCUT2D eigenvalue weighted by Gasteiger charge is 2.27. The Morgan fingerprint density at radius 3 is 1.83 bits per heavy atom. The first-order chi connectivity index (χ1) is 11.5. The fraction of sp³-hybridized carbons (Fsp3) is 0.625. The molecule has 3 fully saturated rings. The van der Waals surface area contributed by atoms with Crippen molar-refractivity contribution < 1.29 is 31.5 Å². The molecule has 3 heterocycles. The predicted octanol–water partition coefficient (Wildman–Crippen LogP) is 0.900. The van der Waals surface area contributed by atoms with Crippen molar-refractivity contribution in [2.24, 2.45) is 0 Å². The van der Waals surface area contributed by atoms with Crippen molar-refractivity contribution in [3.8, 4) is 0 Å². The summed E-state index contributed by atoms with van der Waals surface area (Å²) in [6.07, 6.45) is 0.734. The quantitative estimate of drug-likeness (QED) is 0.504. The molecule has 1 aromatic rings. The second kappa shape index (κ2) is 7.90. The lowest BCUT2D eigenvalue weighted by molar-refractivity contribution is 0.102. The summed E-state index contributed by atoms with van der Waals surface area (Å²) in [6, 6.07) is 6.56. The van der Waals surface area contributed by atoms with Crippen molar-refractivity contribution in [2.75, 3.05) is 39.6 Å². The van der Waals surface area contributed by atoms with Crippen LogP contribution in [0.25, 0.3) is 0 Å². The Labute approximate surface area is 141 Å². The SMILES string of the molecule is C(OCC1CO1)C1CO1.Cc1ccc(S(=O)(=O)OCC2CO2)cc1. The molecule has 0 bridgehead atoms. The van der Waals surface area contributed by atoms with Gasteiger partial charge in [0.15, 0.2) is 0 Å². The maximum absolute atomic E-state index is 11.6. The molecule has 3 saturated heterocycles. The molecule has 8 heteroatoms. The third-order valence-corrected chi connectivity index (χ3v) is 4.83. The van der Waals surface area contributed by atoms with Crippen molar-refractivity contribution in [1.29, 1.82) is 0 Å². The molecule has 0 amide bonds. The van der Waals surface area contributed by atoms with Crippen molar-refractivity contribution >= 4 is 10.1 Å². The summed E-state index contributed by atoms with van der Waals surface area (Å²) in [6.45, 7) is 5.85. The number of hydrogen-bond donors (Lipinski definition) is 0. The van der Waals surface area contributed by atoms with Crippen LogP contribution >= 0.6 is 0 Å². The first kappa shape index (κ1) is 17.8. The normalized spacial score (nSPS) is 27.1. The summed E-state index contributed by atoms with van der Waals surface area (Å²) in [5.74, 6) is 0. The number of epoxide rings is 3. The standard InChI is InChI=1S/C10H12O4S.C6H10O3/c1-8-2-4-10(5-3-8)15(11,12)14-7-9-6-13-9;1(5-3-8-5)7-2-6-4-9-6/h2-5,9H,6-7H2,1H3;5-6H,1-4H2. The van der Waals surface area contributed by atoms with Crippen molar-refractivity contribution in [2.45, 2.75) is 30.1 Å². The van der Waals surface area contributed by atoms with Crippen LogP contribution < -0.4 is 0 Å². The van der Waals surface area contributed by atoms with E-state index in [0.717, 1.165) is 32.0 Å². The minimum absolute atomic E-state index is 0.0507. The van der Waals surface area contributed by atoms with Gasteiger partial charge in [-0.25, -0.2) is 0 Å². The topological polar surface area (TPSA) is 90.2 Å². The third-order valence-electron chi connectivity index (χ3n) is 3.53. The fourth-order valence-corrected chi connectivity index (χ4v) is 2.70. The molecule has 7 nitrogen and oxygen atoms in total. The van der Waals surface area contributed by atoms with Gasteiger partial charge in [-0.3, -0.25) is 4.18 Å². The largest absolute Gasteiger partial charge is 0.376 e. The van der Waals surface area contributed by atoms with Crippen molar-refractivity contribution in [1.82, 2.24) is 0 Å². The molecule has 3 atom stereocenters. The Bertz CT molecular complexity index is 604. The van der Waals surface area contributed by atoms with Gasteiger partial charge in [0.1, 0.15) is 18.3 Å². The second-order valence-electron chi connectivity index (χ2n) is 5.96. The fourth-order valence-electron chi connectivity index (χ4n) is 1.76. The number of hydrogen-bond acceptors (Lipinski definition) is 7. The van der Waals surface area contributed by atoms with Gasteiger partial charge in [0.2, 0.25) is 0 Å². The zero-order chi connectivity index (χ0) is 17.0. The van der Waals surface area contributed by atoms with Gasteiger partial charge < -0.3 is 18.9 Å². The molecule has 4 rings (SSSR count). The van der Waals surface area contributed by atoms with Gasteiger partial charge in [-0.05, 0) is 19.1 Å². The van der Waals surface area contributed by atoms with Gasteiger partial charge in [0.05, 0.1) is 44.5 Å². The average Bonchev–Trinajstić information content (AvgIpc) is 3.39. The van der Waals surface area contributed by atoms with Gasteiger partial charge in [0.25, 0.3) is 10.1 Å². The van der Waals surface area contributed by atoms with Crippen molar-refractivity contribution in [3.05, 3.63) is 29.8 Å². The minimum atomic E-state index is -3.61. The highest BCUT2D eigenvalue weighted by molar-refractivity contribution is 7.86. The van der Waals surface area contributed by atoms with E-state index in [1.54, 1.807) is 24.3 Å². The van der Waals surface area contributed by atoms with E-state index in [4.69, 9.17) is 23.1 Å². The molecule has 0 spiro atoms. The van der Waals surface area contributed by atoms with Crippen LogP contribution in [0.1, 0.15) is 5.56 Å². The molecule has 0 aliphatic carbocycles. The zero-order valence-electron chi connectivity index (χ0n) is 13.6. The summed E-state index contributed by atoms with van der Waals surface area (Å²) in [7, 11) is -3.61. The van der Waals surface area contributed by atoms with E-state index in [1.807, 2.05) is 6.92 Å². The molecule has 0 N–H and O–H groups in total. The Kier molecular flexibility index (Phi) is 5.85. The second-order valence-corrected chi connectivity index (χ2v) is 7.57. The van der Waals surface area contributed by atoms with Crippen LogP contribution in [-0.2, 0) is 33.2 Å². The molecule has 134 valence electrons. The van der Waals surface area contributed by atoms with E-state index in [-0.39, 0.29) is 17.6 Å². The maximum atomic E-state index is 11.6. The molecule has 1 aromatic carbocycles.